The van der Waals surface area contributed by atoms with Crippen molar-refractivity contribution in [3.8, 4) is 5.75 Å². The molecule has 0 saturated heterocycles. The van der Waals surface area contributed by atoms with E-state index >= 15 is 0 Å². The van der Waals surface area contributed by atoms with E-state index in [4.69, 9.17) is 33.0 Å². The Morgan fingerprint density at radius 1 is 1.19 bits per heavy atom. The number of aliphatic carboxylic acids is 1. The first-order valence-corrected chi connectivity index (χ1v) is 7.12. The molecule has 0 heterocycles. The Labute approximate surface area is 133 Å². The van der Waals surface area contributed by atoms with Crippen LogP contribution in [0.2, 0.25) is 10.0 Å². The molecule has 110 valence electrons. The third-order valence-corrected chi connectivity index (χ3v) is 3.69. The molecule has 2 aromatic rings. The second-order valence-corrected chi connectivity index (χ2v) is 5.51. The molecule has 0 amide bonds. The number of carboxylic acids is 1. The normalized spacial score (nSPS) is 12.0. The number of hydrogen-bond donors (Lipinski definition) is 1. The van der Waals surface area contributed by atoms with Gasteiger partial charge in [0.2, 0.25) is 0 Å². The number of carbonyl (C=O) groups is 1. The smallest absolute Gasteiger partial charge is 0.310 e. The van der Waals surface area contributed by atoms with E-state index < -0.39 is 11.9 Å². The summed E-state index contributed by atoms with van der Waals surface area (Å²) < 4.78 is 5.62. The zero-order chi connectivity index (χ0) is 15.4. The van der Waals surface area contributed by atoms with Crippen LogP contribution in [0.1, 0.15) is 24.0 Å². The van der Waals surface area contributed by atoms with Crippen LogP contribution in [0.5, 0.6) is 5.75 Å². The van der Waals surface area contributed by atoms with Crippen LogP contribution in [-0.4, -0.2) is 11.1 Å². The van der Waals surface area contributed by atoms with E-state index in [2.05, 4.69) is 0 Å². The van der Waals surface area contributed by atoms with Gasteiger partial charge in [-0.25, -0.2) is 0 Å². The van der Waals surface area contributed by atoms with E-state index in [0.717, 1.165) is 11.1 Å². The Morgan fingerprint density at radius 2 is 1.86 bits per heavy atom. The zero-order valence-corrected chi connectivity index (χ0v) is 12.9. The van der Waals surface area contributed by atoms with E-state index in [1.807, 2.05) is 12.1 Å². The Kier molecular flexibility index (Phi) is 5.10. The van der Waals surface area contributed by atoms with Crippen molar-refractivity contribution >= 4 is 29.2 Å². The number of carboxylic acid groups (broad SMARTS) is 1. The highest BCUT2D eigenvalue weighted by molar-refractivity contribution is 6.34. The molecule has 0 aliphatic carbocycles. The summed E-state index contributed by atoms with van der Waals surface area (Å²) in [5, 5.41) is 10.0. The highest BCUT2D eigenvalue weighted by Crippen LogP contribution is 2.28. The number of hydrogen-bond acceptors (Lipinski definition) is 2. The van der Waals surface area contributed by atoms with Crippen molar-refractivity contribution < 1.29 is 14.6 Å². The largest absolute Gasteiger partial charge is 0.487 e. The van der Waals surface area contributed by atoms with E-state index in [9.17, 15) is 4.79 Å². The molecular weight excluding hydrogens is 311 g/mol. The van der Waals surface area contributed by atoms with Crippen molar-refractivity contribution in [2.24, 2.45) is 0 Å². The first-order valence-electron chi connectivity index (χ1n) is 6.37. The third kappa shape index (κ3) is 4.13. The Balaban J connectivity index is 2.04. The standard InChI is InChI=1S/C16H14Cl2O3/c1-10(16(19)20)12-4-2-11(3-5-12)9-21-15-8-13(17)6-7-14(15)18/h2-8,10H,9H2,1H3,(H,19,20). The van der Waals surface area contributed by atoms with Crippen molar-refractivity contribution in [2.75, 3.05) is 0 Å². The fourth-order valence-electron chi connectivity index (χ4n) is 1.79. The van der Waals surface area contributed by atoms with Crippen molar-refractivity contribution in [2.45, 2.75) is 19.4 Å². The summed E-state index contributed by atoms with van der Waals surface area (Å²) in [4.78, 5) is 10.9. The number of benzene rings is 2. The molecular formula is C16H14Cl2O3. The van der Waals surface area contributed by atoms with Gasteiger partial charge in [-0.1, -0.05) is 47.5 Å². The molecule has 0 bridgehead atoms. The first-order chi connectivity index (χ1) is 9.97. The third-order valence-electron chi connectivity index (χ3n) is 3.14. The van der Waals surface area contributed by atoms with Crippen molar-refractivity contribution in [3.63, 3.8) is 0 Å². The number of rotatable bonds is 5. The van der Waals surface area contributed by atoms with Crippen molar-refractivity contribution in [1.29, 1.82) is 0 Å². The van der Waals surface area contributed by atoms with Gasteiger partial charge in [0.25, 0.3) is 0 Å². The van der Waals surface area contributed by atoms with Gasteiger partial charge in [-0.3, -0.25) is 4.79 Å². The average Bonchev–Trinajstić information content (AvgIpc) is 2.48. The summed E-state index contributed by atoms with van der Waals surface area (Å²) in [7, 11) is 0. The van der Waals surface area contributed by atoms with Crippen molar-refractivity contribution in [3.05, 3.63) is 63.6 Å². The molecule has 0 aliphatic heterocycles. The van der Waals surface area contributed by atoms with Gasteiger partial charge < -0.3 is 9.84 Å². The second-order valence-electron chi connectivity index (χ2n) is 4.66. The van der Waals surface area contributed by atoms with E-state index in [1.54, 1.807) is 37.3 Å². The van der Waals surface area contributed by atoms with Gasteiger partial charge in [0.15, 0.2) is 0 Å². The highest BCUT2D eigenvalue weighted by Gasteiger charge is 2.13. The number of halogens is 2. The van der Waals surface area contributed by atoms with Crippen molar-refractivity contribution in [1.82, 2.24) is 0 Å². The minimum absolute atomic E-state index is 0.335. The summed E-state index contributed by atoms with van der Waals surface area (Å²) in [5.74, 6) is -0.848. The van der Waals surface area contributed by atoms with Crippen LogP contribution in [0.3, 0.4) is 0 Å². The van der Waals surface area contributed by atoms with Crippen LogP contribution in [-0.2, 0) is 11.4 Å². The topological polar surface area (TPSA) is 46.5 Å². The molecule has 2 aromatic carbocycles. The van der Waals surface area contributed by atoms with E-state index in [-0.39, 0.29) is 0 Å². The SMILES string of the molecule is CC(C(=O)O)c1ccc(COc2cc(Cl)ccc2Cl)cc1. The summed E-state index contributed by atoms with van der Waals surface area (Å²) in [5.41, 5.74) is 1.68. The maximum absolute atomic E-state index is 10.9. The van der Waals surface area contributed by atoms with E-state index in [0.29, 0.717) is 22.4 Å². The van der Waals surface area contributed by atoms with E-state index in [1.165, 1.54) is 0 Å². The summed E-state index contributed by atoms with van der Waals surface area (Å²) >= 11 is 11.9. The quantitative estimate of drug-likeness (QED) is 0.862. The molecule has 1 N–H and O–H groups in total. The van der Waals surface area contributed by atoms with Gasteiger partial charge in [-0.15, -0.1) is 0 Å². The maximum Gasteiger partial charge on any atom is 0.310 e. The molecule has 0 aromatic heterocycles. The summed E-state index contributed by atoms with van der Waals surface area (Å²) in [6.45, 7) is 1.99. The van der Waals surface area contributed by atoms with Gasteiger partial charge in [-0.2, -0.15) is 0 Å². The highest BCUT2D eigenvalue weighted by atomic mass is 35.5. The Bertz CT molecular complexity index is 638. The Morgan fingerprint density at radius 3 is 2.48 bits per heavy atom. The second kappa shape index (κ2) is 6.83. The van der Waals surface area contributed by atoms with Crippen LogP contribution in [0.4, 0.5) is 0 Å². The molecule has 21 heavy (non-hydrogen) atoms. The molecule has 0 spiro atoms. The molecule has 1 atom stereocenters. The lowest BCUT2D eigenvalue weighted by molar-refractivity contribution is -0.138. The summed E-state index contributed by atoms with van der Waals surface area (Å²) in [6, 6.07) is 12.3. The summed E-state index contributed by atoms with van der Waals surface area (Å²) in [6.07, 6.45) is 0. The van der Waals surface area contributed by atoms with Gasteiger partial charge in [-0.05, 0) is 30.2 Å². The number of ether oxygens (including phenoxy) is 1. The molecule has 0 fully saturated rings. The van der Waals surface area contributed by atoms with Crippen LogP contribution >= 0.6 is 23.2 Å². The molecule has 5 heteroatoms. The van der Waals surface area contributed by atoms with Gasteiger partial charge in [0.1, 0.15) is 12.4 Å². The Hall–Kier alpha value is -1.71. The van der Waals surface area contributed by atoms with Gasteiger partial charge in [0, 0.05) is 11.1 Å². The van der Waals surface area contributed by atoms with Gasteiger partial charge >= 0.3 is 5.97 Å². The lowest BCUT2D eigenvalue weighted by atomic mass is 10.0. The average molecular weight is 325 g/mol. The molecule has 0 aliphatic rings. The molecule has 0 radical (unpaired) electrons. The maximum atomic E-state index is 10.9. The molecule has 0 saturated carbocycles. The minimum Gasteiger partial charge on any atom is -0.487 e. The van der Waals surface area contributed by atoms with Crippen LogP contribution < -0.4 is 4.74 Å². The van der Waals surface area contributed by atoms with Crippen LogP contribution in [0, 0.1) is 0 Å². The van der Waals surface area contributed by atoms with Gasteiger partial charge in [0.05, 0.1) is 10.9 Å². The predicted octanol–water partition coefficient (Wildman–Crippen LogP) is 4.76. The lowest BCUT2D eigenvalue weighted by Gasteiger charge is -2.10. The zero-order valence-electron chi connectivity index (χ0n) is 11.3. The lowest BCUT2D eigenvalue weighted by Crippen LogP contribution is -2.07. The first kappa shape index (κ1) is 15.7. The minimum atomic E-state index is -0.843. The molecule has 3 nitrogen and oxygen atoms in total. The fraction of sp³-hybridized carbons (Fsp3) is 0.188. The fourth-order valence-corrected chi connectivity index (χ4v) is 2.13. The molecule has 2 rings (SSSR count). The molecule has 1 unspecified atom stereocenters. The predicted molar refractivity (Wildman–Crippen MR) is 83.3 cm³/mol. The van der Waals surface area contributed by atoms with Crippen LogP contribution in [0.15, 0.2) is 42.5 Å². The van der Waals surface area contributed by atoms with Crippen LogP contribution in [0.25, 0.3) is 0 Å². The monoisotopic (exact) mass is 324 g/mol.